The van der Waals surface area contributed by atoms with Crippen LogP contribution in [0.4, 0.5) is 0 Å². The predicted octanol–water partition coefficient (Wildman–Crippen LogP) is 11.4. The summed E-state index contributed by atoms with van der Waals surface area (Å²) in [5, 5.41) is 4.74. The first-order valence-corrected chi connectivity index (χ1v) is 15.9. The Kier molecular flexibility index (Phi) is 6.46. The number of nitrogens with zero attached hydrogens (tertiary/aromatic N) is 3. The first-order chi connectivity index (χ1) is 23.3. The van der Waals surface area contributed by atoms with Gasteiger partial charge < -0.3 is 4.57 Å². The maximum atomic E-state index is 5.24. The fourth-order valence-electron chi connectivity index (χ4n) is 6.74. The molecule has 0 unspecified atom stereocenters. The monoisotopic (exact) mass is 599 g/mol. The number of aromatic nitrogens is 3. The van der Waals surface area contributed by atoms with E-state index < -0.39 is 0 Å². The molecule has 0 bridgehead atoms. The van der Waals surface area contributed by atoms with Crippen LogP contribution in [-0.4, -0.2) is 14.5 Å². The van der Waals surface area contributed by atoms with Gasteiger partial charge in [0.05, 0.1) is 22.4 Å². The quantitative estimate of drug-likeness (QED) is 0.197. The third-order valence-corrected chi connectivity index (χ3v) is 8.99. The van der Waals surface area contributed by atoms with Crippen molar-refractivity contribution in [2.24, 2.45) is 0 Å². The molecule has 0 saturated heterocycles. The summed E-state index contributed by atoms with van der Waals surface area (Å²) in [6.45, 7) is 0. The molecule has 9 rings (SSSR count). The van der Waals surface area contributed by atoms with E-state index in [4.69, 9.17) is 9.97 Å². The highest BCUT2D eigenvalue weighted by Crippen LogP contribution is 2.40. The second-order valence-corrected chi connectivity index (χ2v) is 11.9. The molecule has 0 atom stereocenters. The van der Waals surface area contributed by atoms with Gasteiger partial charge in [0.2, 0.25) is 0 Å². The van der Waals surface area contributed by atoms with Gasteiger partial charge in [0.1, 0.15) is 0 Å². The summed E-state index contributed by atoms with van der Waals surface area (Å²) in [4.78, 5) is 10.5. The molecule has 2 aromatic heterocycles. The van der Waals surface area contributed by atoms with E-state index in [0.717, 1.165) is 50.2 Å². The molecule has 0 radical (unpaired) electrons. The van der Waals surface area contributed by atoms with Gasteiger partial charge in [-0.05, 0) is 58.3 Å². The molecule has 0 fully saturated rings. The normalized spacial score (nSPS) is 11.4. The molecule has 0 N–H and O–H groups in total. The topological polar surface area (TPSA) is 30.7 Å². The van der Waals surface area contributed by atoms with Crippen LogP contribution < -0.4 is 0 Å². The number of hydrogen-bond donors (Lipinski definition) is 0. The van der Waals surface area contributed by atoms with Crippen molar-refractivity contribution in [2.75, 3.05) is 0 Å². The largest absolute Gasteiger partial charge is 0.309 e. The van der Waals surface area contributed by atoms with E-state index in [0.29, 0.717) is 5.82 Å². The van der Waals surface area contributed by atoms with E-state index in [-0.39, 0.29) is 0 Å². The van der Waals surface area contributed by atoms with Crippen molar-refractivity contribution in [1.82, 2.24) is 14.5 Å². The van der Waals surface area contributed by atoms with Crippen molar-refractivity contribution in [3.63, 3.8) is 0 Å². The van der Waals surface area contributed by atoms with Crippen molar-refractivity contribution in [3.05, 3.63) is 176 Å². The first kappa shape index (κ1) is 27.0. The molecule has 47 heavy (non-hydrogen) atoms. The minimum absolute atomic E-state index is 0.707. The Morgan fingerprint density at radius 2 is 1.00 bits per heavy atom. The van der Waals surface area contributed by atoms with E-state index >= 15 is 0 Å². The Balaban J connectivity index is 1.36. The van der Waals surface area contributed by atoms with Crippen LogP contribution in [0.5, 0.6) is 0 Å². The standard InChI is InChI=1S/C44H29N3/c1-4-13-30(14-5-1)35-24-26-41-38(28-35)43-37(21-12-22-42(43)47(41)36-25-23-31-15-10-11-20-34(31)27-36)44-45-39(32-16-6-2-7-17-32)29-40(46-44)33-18-8-3-9-19-33/h1-29H. The Morgan fingerprint density at radius 1 is 0.383 bits per heavy atom. The van der Waals surface area contributed by atoms with Crippen molar-refractivity contribution < 1.29 is 0 Å². The van der Waals surface area contributed by atoms with Gasteiger partial charge in [-0.2, -0.15) is 0 Å². The molecule has 0 spiro atoms. The molecule has 3 nitrogen and oxygen atoms in total. The SMILES string of the molecule is c1ccc(-c2ccc3c(c2)c2c(-c4nc(-c5ccccc5)cc(-c5ccccc5)n4)cccc2n3-c2ccc3ccccc3c2)cc1. The molecule has 9 aromatic rings. The van der Waals surface area contributed by atoms with Gasteiger partial charge >= 0.3 is 0 Å². The zero-order valence-electron chi connectivity index (χ0n) is 25.6. The molecular weight excluding hydrogens is 571 g/mol. The smallest absolute Gasteiger partial charge is 0.161 e. The van der Waals surface area contributed by atoms with Gasteiger partial charge in [-0.3, -0.25) is 0 Å². The van der Waals surface area contributed by atoms with Crippen molar-refractivity contribution in [3.8, 4) is 50.7 Å². The zero-order chi connectivity index (χ0) is 31.2. The van der Waals surface area contributed by atoms with Crippen LogP contribution in [0.25, 0.3) is 83.3 Å². The van der Waals surface area contributed by atoms with E-state index in [2.05, 4.69) is 168 Å². The lowest BCUT2D eigenvalue weighted by Crippen LogP contribution is -1.97. The maximum Gasteiger partial charge on any atom is 0.161 e. The van der Waals surface area contributed by atoms with Gasteiger partial charge in [-0.25, -0.2) is 9.97 Å². The van der Waals surface area contributed by atoms with E-state index in [1.807, 2.05) is 12.1 Å². The van der Waals surface area contributed by atoms with Gasteiger partial charge in [-0.15, -0.1) is 0 Å². The predicted molar refractivity (Wildman–Crippen MR) is 196 cm³/mol. The highest BCUT2D eigenvalue weighted by molar-refractivity contribution is 6.16. The molecule has 0 amide bonds. The van der Waals surface area contributed by atoms with Crippen LogP contribution in [0.1, 0.15) is 0 Å². The average Bonchev–Trinajstić information content (AvgIpc) is 3.49. The van der Waals surface area contributed by atoms with E-state index in [9.17, 15) is 0 Å². The Hall–Kier alpha value is -6.32. The number of hydrogen-bond acceptors (Lipinski definition) is 2. The van der Waals surface area contributed by atoms with Crippen LogP contribution >= 0.6 is 0 Å². The molecule has 0 aliphatic carbocycles. The second-order valence-electron chi connectivity index (χ2n) is 11.9. The van der Waals surface area contributed by atoms with Gasteiger partial charge in [0.25, 0.3) is 0 Å². The summed E-state index contributed by atoms with van der Waals surface area (Å²) in [6.07, 6.45) is 0. The second kappa shape index (κ2) is 11.2. The van der Waals surface area contributed by atoms with Gasteiger partial charge in [0, 0.05) is 33.2 Å². The van der Waals surface area contributed by atoms with Crippen LogP contribution in [-0.2, 0) is 0 Å². The lowest BCUT2D eigenvalue weighted by Gasteiger charge is -2.11. The molecule has 0 aliphatic heterocycles. The molecular formula is C44H29N3. The summed E-state index contributed by atoms with van der Waals surface area (Å²) in [6, 6.07) is 62.0. The molecule has 3 heteroatoms. The summed E-state index contributed by atoms with van der Waals surface area (Å²) >= 11 is 0. The molecule has 7 aromatic carbocycles. The number of benzene rings is 7. The Labute approximate surface area is 273 Å². The lowest BCUT2D eigenvalue weighted by molar-refractivity contribution is 1.18. The van der Waals surface area contributed by atoms with Crippen LogP contribution in [0.2, 0.25) is 0 Å². The zero-order valence-corrected chi connectivity index (χ0v) is 25.6. The first-order valence-electron chi connectivity index (χ1n) is 15.9. The lowest BCUT2D eigenvalue weighted by atomic mass is 10.00. The number of rotatable bonds is 5. The van der Waals surface area contributed by atoms with Crippen LogP contribution in [0.15, 0.2) is 176 Å². The Morgan fingerprint density at radius 3 is 1.68 bits per heavy atom. The molecule has 0 saturated carbocycles. The maximum absolute atomic E-state index is 5.24. The third kappa shape index (κ3) is 4.77. The van der Waals surface area contributed by atoms with Crippen molar-refractivity contribution >= 4 is 32.6 Å². The van der Waals surface area contributed by atoms with Crippen LogP contribution in [0, 0.1) is 0 Å². The Bertz CT molecular complexity index is 2490. The highest BCUT2D eigenvalue weighted by Gasteiger charge is 2.20. The minimum atomic E-state index is 0.707. The molecule has 0 aliphatic rings. The molecule has 2 heterocycles. The van der Waals surface area contributed by atoms with Gasteiger partial charge in [-0.1, -0.05) is 140 Å². The van der Waals surface area contributed by atoms with E-state index in [1.165, 1.54) is 27.3 Å². The van der Waals surface area contributed by atoms with Crippen LogP contribution in [0.3, 0.4) is 0 Å². The fraction of sp³-hybridized carbons (Fsp3) is 0. The van der Waals surface area contributed by atoms with Gasteiger partial charge in [0.15, 0.2) is 5.82 Å². The summed E-state index contributed by atoms with van der Waals surface area (Å²) in [7, 11) is 0. The summed E-state index contributed by atoms with van der Waals surface area (Å²) in [5.74, 6) is 0.707. The summed E-state index contributed by atoms with van der Waals surface area (Å²) in [5.41, 5.74) is 10.7. The number of fused-ring (bicyclic) bond motifs is 4. The third-order valence-electron chi connectivity index (χ3n) is 8.99. The summed E-state index contributed by atoms with van der Waals surface area (Å²) < 4.78 is 2.38. The highest BCUT2D eigenvalue weighted by atomic mass is 15.0. The average molecular weight is 600 g/mol. The minimum Gasteiger partial charge on any atom is -0.309 e. The fourth-order valence-corrected chi connectivity index (χ4v) is 6.74. The van der Waals surface area contributed by atoms with E-state index in [1.54, 1.807) is 0 Å². The van der Waals surface area contributed by atoms with Crippen molar-refractivity contribution in [2.45, 2.75) is 0 Å². The molecule has 220 valence electrons. The van der Waals surface area contributed by atoms with Crippen molar-refractivity contribution in [1.29, 1.82) is 0 Å².